The summed E-state index contributed by atoms with van der Waals surface area (Å²) in [5, 5.41) is 3.18. The zero-order valence-corrected chi connectivity index (χ0v) is 19.1. The van der Waals surface area contributed by atoms with E-state index < -0.39 is 10.0 Å². The second kappa shape index (κ2) is 8.85. The molecule has 1 fully saturated rings. The van der Waals surface area contributed by atoms with Gasteiger partial charge in [0.25, 0.3) is 10.0 Å². The van der Waals surface area contributed by atoms with E-state index in [-0.39, 0.29) is 4.91 Å². The largest absolute Gasteiger partial charge is 0.497 e. The van der Waals surface area contributed by atoms with Gasteiger partial charge >= 0.3 is 0 Å². The van der Waals surface area contributed by atoms with Gasteiger partial charge in [0, 0.05) is 17.8 Å². The van der Waals surface area contributed by atoms with E-state index in [0.717, 1.165) is 31.2 Å². The second-order valence-electron chi connectivity index (χ2n) is 8.38. The summed E-state index contributed by atoms with van der Waals surface area (Å²) in [6, 6.07) is 15.1. The lowest BCUT2D eigenvalue weighted by atomic mass is 9.99. The number of sulfonamides is 1. The monoisotopic (exact) mass is 439 g/mol. The maximum absolute atomic E-state index is 12.7. The molecule has 31 heavy (non-hydrogen) atoms. The minimum absolute atomic E-state index is 0.230. The molecule has 0 atom stereocenters. The van der Waals surface area contributed by atoms with Crippen LogP contribution in [0.25, 0.3) is 4.91 Å². The molecule has 0 spiro atoms. The zero-order valence-electron chi connectivity index (χ0n) is 18.3. The molecule has 164 valence electrons. The van der Waals surface area contributed by atoms with Gasteiger partial charge in [-0.25, -0.2) is 0 Å². The molecule has 2 aliphatic rings. The molecule has 2 aromatic carbocycles. The molecular weight excluding hydrogens is 410 g/mol. The van der Waals surface area contributed by atoms with Crippen LogP contribution in [-0.2, 0) is 16.6 Å². The first-order chi connectivity index (χ1) is 14.9. The van der Waals surface area contributed by atoms with Crippen molar-refractivity contribution in [1.82, 2.24) is 4.90 Å². The molecule has 7 heteroatoms. The predicted octanol–water partition coefficient (Wildman–Crippen LogP) is 4.51. The Morgan fingerprint density at radius 3 is 2.32 bits per heavy atom. The third kappa shape index (κ3) is 4.83. The molecule has 0 radical (unpaired) electrons. The van der Waals surface area contributed by atoms with E-state index >= 15 is 0 Å². The first-order valence-electron chi connectivity index (χ1n) is 10.6. The summed E-state index contributed by atoms with van der Waals surface area (Å²) in [6.45, 7) is 7.34. The lowest BCUT2D eigenvalue weighted by Crippen LogP contribution is -2.32. The van der Waals surface area contributed by atoms with Crippen molar-refractivity contribution < 1.29 is 13.2 Å². The number of hydrogen-bond donors (Lipinski definition) is 1. The van der Waals surface area contributed by atoms with Crippen LogP contribution < -0.4 is 10.1 Å². The SMILES string of the molecule is COc1ccc(C2=C(C)C(Nc3ccc(CN4CCC(C)CC4)cc3)=NS2(=O)=O)cc1. The number of rotatable bonds is 5. The maximum Gasteiger partial charge on any atom is 0.285 e. The number of piperidine rings is 1. The number of methoxy groups -OCH3 is 1. The van der Waals surface area contributed by atoms with Crippen molar-refractivity contribution in [3.05, 3.63) is 65.2 Å². The van der Waals surface area contributed by atoms with Crippen molar-refractivity contribution in [3.63, 3.8) is 0 Å². The highest BCUT2D eigenvalue weighted by molar-refractivity contribution is 8.00. The number of amidine groups is 1. The number of nitrogens with zero attached hydrogens (tertiary/aromatic N) is 2. The molecule has 1 N–H and O–H groups in total. The molecular formula is C24H29N3O3S. The molecule has 0 aliphatic carbocycles. The van der Waals surface area contributed by atoms with Crippen LogP contribution in [0.2, 0.25) is 0 Å². The molecule has 6 nitrogen and oxygen atoms in total. The van der Waals surface area contributed by atoms with Gasteiger partial charge in [-0.15, -0.1) is 4.40 Å². The first-order valence-corrected chi connectivity index (χ1v) is 12.1. The van der Waals surface area contributed by atoms with Gasteiger partial charge in [0.2, 0.25) is 0 Å². The molecule has 2 aromatic rings. The lowest BCUT2D eigenvalue weighted by molar-refractivity contribution is 0.185. The van der Waals surface area contributed by atoms with Crippen LogP contribution in [0.5, 0.6) is 5.75 Å². The van der Waals surface area contributed by atoms with Crippen LogP contribution >= 0.6 is 0 Å². The minimum Gasteiger partial charge on any atom is -0.497 e. The Balaban J connectivity index is 1.47. The average Bonchev–Trinajstić information content (AvgIpc) is 2.99. The van der Waals surface area contributed by atoms with Crippen molar-refractivity contribution >= 4 is 26.5 Å². The summed E-state index contributed by atoms with van der Waals surface area (Å²) in [7, 11) is -2.17. The minimum atomic E-state index is -3.75. The van der Waals surface area contributed by atoms with Crippen LogP contribution in [0.1, 0.15) is 37.8 Å². The lowest BCUT2D eigenvalue weighted by Gasteiger charge is -2.30. The third-order valence-corrected chi connectivity index (χ3v) is 7.50. The zero-order chi connectivity index (χ0) is 22.0. The quantitative estimate of drug-likeness (QED) is 0.742. The van der Waals surface area contributed by atoms with E-state index in [1.165, 1.54) is 18.4 Å². The summed E-state index contributed by atoms with van der Waals surface area (Å²) in [5.74, 6) is 1.87. The van der Waals surface area contributed by atoms with E-state index in [2.05, 4.69) is 33.7 Å². The van der Waals surface area contributed by atoms with Gasteiger partial charge in [0.15, 0.2) is 0 Å². The van der Waals surface area contributed by atoms with E-state index in [1.54, 1.807) is 38.3 Å². The Morgan fingerprint density at radius 2 is 1.71 bits per heavy atom. The molecule has 2 aliphatic heterocycles. The van der Waals surface area contributed by atoms with E-state index in [4.69, 9.17) is 4.74 Å². The van der Waals surface area contributed by atoms with Crippen molar-refractivity contribution in [2.75, 3.05) is 25.5 Å². The molecule has 0 unspecified atom stereocenters. The maximum atomic E-state index is 12.7. The summed E-state index contributed by atoms with van der Waals surface area (Å²) in [5.41, 5.74) is 3.29. The Bertz CT molecular complexity index is 1100. The number of hydrogen-bond acceptors (Lipinski definition) is 5. The van der Waals surface area contributed by atoms with Gasteiger partial charge in [-0.3, -0.25) is 4.90 Å². The Hall–Kier alpha value is -2.64. The Morgan fingerprint density at radius 1 is 1.06 bits per heavy atom. The summed E-state index contributed by atoms with van der Waals surface area (Å²) in [6.07, 6.45) is 2.52. The van der Waals surface area contributed by atoms with Gasteiger partial charge in [0.05, 0.1) is 7.11 Å². The van der Waals surface area contributed by atoms with Crippen molar-refractivity contribution in [1.29, 1.82) is 0 Å². The van der Waals surface area contributed by atoms with Crippen LogP contribution in [0.3, 0.4) is 0 Å². The van der Waals surface area contributed by atoms with Crippen molar-refractivity contribution in [2.45, 2.75) is 33.2 Å². The van der Waals surface area contributed by atoms with Gasteiger partial charge in [-0.2, -0.15) is 8.42 Å². The number of ether oxygens (including phenoxy) is 1. The van der Waals surface area contributed by atoms with E-state index in [9.17, 15) is 8.42 Å². The van der Waals surface area contributed by atoms with Crippen molar-refractivity contribution in [3.8, 4) is 5.75 Å². The average molecular weight is 440 g/mol. The van der Waals surface area contributed by atoms with Gasteiger partial charge in [0.1, 0.15) is 16.5 Å². The van der Waals surface area contributed by atoms with Crippen LogP contribution in [0.4, 0.5) is 5.69 Å². The van der Waals surface area contributed by atoms with Gasteiger partial charge < -0.3 is 10.1 Å². The molecule has 0 amide bonds. The van der Waals surface area contributed by atoms with E-state index in [0.29, 0.717) is 22.7 Å². The fraction of sp³-hybridized carbons (Fsp3) is 0.375. The molecule has 0 aromatic heterocycles. The predicted molar refractivity (Wildman–Crippen MR) is 126 cm³/mol. The first kappa shape index (κ1) is 21.6. The van der Waals surface area contributed by atoms with Crippen LogP contribution in [0, 0.1) is 5.92 Å². The number of benzene rings is 2. The summed E-state index contributed by atoms with van der Waals surface area (Å²) < 4.78 is 34.6. The standard InChI is InChI=1S/C24H29N3O3S/c1-17-12-14-27(15-13-17)16-19-4-8-21(9-5-19)25-24-18(2)23(31(28,29)26-24)20-6-10-22(30-3)11-7-20/h4-11,17H,12-16H2,1-3H3,(H,25,26). The fourth-order valence-electron chi connectivity index (χ4n) is 4.07. The molecule has 2 heterocycles. The Labute approximate surface area is 184 Å². The molecule has 0 bridgehead atoms. The van der Waals surface area contributed by atoms with Gasteiger partial charge in [-0.1, -0.05) is 19.1 Å². The molecule has 1 saturated heterocycles. The second-order valence-corrected chi connectivity index (χ2v) is 9.92. The summed E-state index contributed by atoms with van der Waals surface area (Å²) in [4.78, 5) is 2.72. The van der Waals surface area contributed by atoms with Crippen LogP contribution in [-0.4, -0.2) is 39.4 Å². The highest BCUT2D eigenvalue weighted by Crippen LogP contribution is 2.33. The number of anilines is 1. The summed E-state index contributed by atoms with van der Waals surface area (Å²) >= 11 is 0. The van der Waals surface area contributed by atoms with E-state index in [1.807, 2.05) is 12.1 Å². The molecule has 0 saturated carbocycles. The number of nitrogens with one attached hydrogen (secondary N) is 1. The normalized spacial score (nSPS) is 19.4. The molecule has 4 rings (SSSR count). The topological polar surface area (TPSA) is 71.0 Å². The number of likely N-dealkylation sites (tertiary alicyclic amines) is 1. The van der Waals surface area contributed by atoms with Crippen LogP contribution in [0.15, 0.2) is 58.5 Å². The Kier molecular flexibility index (Phi) is 6.16. The third-order valence-electron chi connectivity index (χ3n) is 6.02. The van der Waals surface area contributed by atoms with Gasteiger partial charge in [-0.05, 0) is 86.3 Å². The fourth-order valence-corrected chi connectivity index (χ4v) is 5.50. The van der Waals surface area contributed by atoms with Crippen molar-refractivity contribution in [2.24, 2.45) is 10.3 Å². The smallest absolute Gasteiger partial charge is 0.285 e. The highest BCUT2D eigenvalue weighted by Gasteiger charge is 2.31. The highest BCUT2D eigenvalue weighted by atomic mass is 32.2.